The first-order valence-corrected chi connectivity index (χ1v) is 6.97. The molecule has 20 heavy (non-hydrogen) atoms. The number of benzene rings is 1. The van der Waals surface area contributed by atoms with E-state index in [0.29, 0.717) is 11.8 Å². The predicted molar refractivity (Wildman–Crippen MR) is 71.4 cm³/mol. The molecule has 0 radical (unpaired) electrons. The second kappa shape index (κ2) is 4.74. The molecule has 5 heteroatoms. The van der Waals surface area contributed by atoms with E-state index in [0.717, 1.165) is 25.7 Å². The van der Waals surface area contributed by atoms with Crippen LogP contribution in [0.25, 0.3) is 0 Å². The summed E-state index contributed by atoms with van der Waals surface area (Å²) in [6, 6.07) is 4.52. The highest BCUT2D eigenvalue weighted by Gasteiger charge is 2.48. The van der Waals surface area contributed by atoms with Crippen LogP contribution in [-0.4, -0.2) is 34.8 Å². The van der Waals surface area contributed by atoms with Gasteiger partial charge in [0.05, 0.1) is 5.56 Å². The van der Waals surface area contributed by atoms with Crippen molar-refractivity contribution in [3.8, 4) is 5.75 Å². The van der Waals surface area contributed by atoms with Gasteiger partial charge in [0.1, 0.15) is 11.6 Å². The minimum absolute atomic E-state index is 0.323. The largest absolute Gasteiger partial charge is 0.478 e. The lowest BCUT2D eigenvalue weighted by atomic mass is 10.0. The van der Waals surface area contributed by atoms with Gasteiger partial charge in [0.15, 0.2) is 5.72 Å². The van der Waals surface area contributed by atoms with Crippen molar-refractivity contribution in [2.45, 2.75) is 43.9 Å². The average molecular weight is 279 g/mol. The van der Waals surface area contributed by atoms with Gasteiger partial charge in [-0.15, -0.1) is 0 Å². The van der Waals surface area contributed by atoms with Crippen molar-refractivity contribution in [3.05, 3.63) is 29.6 Å². The Morgan fingerprint density at radius 2 is 2.25 bits per heavy atom. The molecule has 2 aliphatic heterocycles. The third-order valence-corrected chi connectivity index (χ3v) is 4.64. The lowest BCUT2D eigenvalue weighted by Crippen LogP contribution is -2.51. The van der Waals surface area contributed by atoms with Crippen LogP contribution in [0.5, 0.6) is 5.75 Å². The maximum Gasteiger partial charge on any atom is 0.338 e. The molecule has 4 nitrogen and oxygen atoms in total. The number of aromatic carboxylic acids is 1. The number of halogens is 1. The number of hydrogen-bond donors (Lipinski definition) is 1. The van der Waals surface area contributed by atoms with Gasteiger partial charge < -0.3 is 9.84 Å². The molecule has 2 fully saturated rings. The summed E-state index contributed by atoms with van der Waals surface area (Å²) in [5.74, 6) is -1.61. The smallest absolute Gasteiger partial charge is 0.338 e. The lowest BCUT2D eigenvalue weighted by molar-refractivity contribution is -0.0824. The van der Waals surface area contributed by atoms with Crippen molar-refractivity contribution in [2.75, 3.05) is 7.05 Å². The van der Waals surface area contributed by atoms with Crippen LogP contribution in [-0.2, 0) is 0 Å². The molecule has 0 spiro atoms. The molecular weight excluding hydrogens is 261 g/mol. The molecular formula is C15H18FNO3. The van der Waals surface area contributed by atoms with Crippen molar-refractivity contribution in [2.24, 2.45) is 0 Å². The molecule has 1 aromatic rings. The molecule has 1 N–H and O–H groups in total. The summed E-state index contributed by atoms with van der Waals surface area (Å²) >= 11 is 0. The highest BCUT2D eigenvalue weighted by atomic mass is 19.1. The Bertz CT molecular complexity index is 544. The fourth-order valence-electron chi connectivity index (χ4n) is 3.47. The maximum atomic E-state index is 13.7. The minimum Gasteiger partial charge on any atom is -0.478 e. The predicted octanol–water partition coefficient (Wildman–Crippen LogP) is 2.88. The molecule has 2 bridgehead atoms. The number of carboxylic acid groups (broad SMARTS) is 1. The molecule has 3 rings (SSSR count). The standard InChI is InChI=1S/C15H18FNO3/c1-17-10-3-2-7-15(17,8-6-10)20-11-4-5-12(14(18)19)13(16)9-11/h4-5,9-10H,2-3,6-8H2,1H3,(H,18,19). The summed E-state index contributed by atoms with van der Waals surface area (Å²) in [5.41, 5.74) is -0.670. The number of carbonyl (C=O) groups is 1. The quantitative estimate of drug-likeness (QED) is 0.924. The van der Waals surface area contributed by atoms with Crippen molar-refractivity contribution >= 4 is 5.97 Å². The summed E-state index contributed by atoms with van der Waals surface area (Å²) in [4.78, 5) is 13.1. The topological polar surface area (TPSA) is 49.8 Å². The Morgan fingerprint density at radius 3 is 2.95 bits per heavy atom. The number of fused-ring (bicyclic) bond motifs is 2. The molecule has 2 saturated heterocycles. The zero-order valence-electron chi connectivity index (χ0n) is 11.4. The SMILES string of the molecule is CN1C2CCCC1(Oc1ccc(C(=O)O)c(F)c1)CC2. The highest BCUT2D eigenvalue weighted by molar-refractivity contribution is 5.88. The van der Waals surface area contributed by atoms with Crippen LogP contribution in [0.1, 0.15) is 42.5 Å². The van der Waals surface area contributed by atoms with Crippen LogP contribution in [0.15, 0.2) is 18.2 Å². The van der Waals surface area contributed by atoms with Crippen LogP contribution in [0, 0.1) is 5.82 Å². The number of rotatable bonds is 3. The first-order valence-electron chi connectivity index (χ1n) is 6.97. The third-order valence-electron chi connectivity index (χ3n) is 4.64. The second-order valence-corrected chi connectivity index (χ2v) is 5.69. The Hall–Kier alpha value is -1.62. The summed E-state index contributed by atoms with van der Waals surface area (Å²) in [6.07, 6.45) is 5.28. The van der Waals surface area contributed by atoms with Gasteiger partial charge in [-0.25, -0.2) is 9.18 Å². The Balaban J connectivity index is 1.84. The molecule has 2 aliphatic rings. The van der Waals surface area contributed by atoms with E-state index in [2.05, 4.69) is 11.9 Å². The molecule has 0 saturated carbocycles. The first kappa shape index (κ1) is 13.4. The van der Waals surface area contributed by atoms with E-state index in [4.69, 9.17) is 9.84 Å². The van der Waals surface area contributed by atoms with Crippen molar-refractivity contribution in [1.82, 2.24) is 4.90 Å². The molecule has 0 amide bonds. The molecule has 108 valence electrons. The van der Waals surface area contributed by atoms with E-state index in [1.54, 1.807) is 0 Å². The molecule has 1 aromatic carbocycles. The Kier molecular flexibility index (Phi) is 3.17. The number of nitrogens with zero attached hydrogens (tertiary/aromatic N) is 1. The van der Waals surface area contributed by atoms with E-state index in [9.17, 15) is 9.18 Å². The van der Waals surface area contributed by atoms with Crippen molar-refractivity contribution in [3.63, 3.8) is 0 Å². The molecule has 0 aliphatic carbocycles. The van der Waals surface area contributed by atoms with Gasteiger partial charge in [0.25, 0.3) is 0 Å². The Morgan fingerprint density at radius 1 is 1.45 bits per heavy atom. The van der Waals surface area contributed by atoms with Crippen LogP contribution in [0.4, 0.5) is 4.39 Å². The van der Waals surface area contributed by atoms with Crippen molar-refractivity contribution < 1.29 is 19.0 Å². The van der Waals surface area contributed by atoms with Gasteiger partial charge >= 0.3 is 5.97 Å². The second-order valence-electron chi connectivity index (χ2n) is 5.69. The van der Waals surface area contributed by atoms with E-state index >= 15 is 0 Å². The van der Waals surface area contributed by atoms with E-state index in [-0.39, 0.29) is 11.3 Å². The van der Waals surface area contributed by atoms with Gasteiger partial charge in [-0.3, -0.25) is 4.90 Å². The van der Waals surface area contributed by atoms with Crippen LogP contribution >= 0.6 is 0 Å². The monoisotopic (exact) mass is 279 g/mol. The van der Waals surface area contributed by atoms with E-state index < -0.39 is 11.8 Å². The number of ether oxygens (including phenoxy) is 1. The summed E-state index contributed by atoms with van der Waals surface area (Å²) in [6.45, 7) is 0. The van der Waals surface area contributed by atoms with Gasteiger partial charge in [-0.1, -0.05) is 0 Å². The summed E-state index contributed by atoms with van der Waals surface area (Å²) < 4.78 is 19.8. The van der Waals surface area contributed by atoms with E-state index in [1.165, 1.54) is 24.6 Å². The zero-order chi connectivity index (χ0) is 14.3. The van der Waals surface area contributed by atoms with Gasteiger partial charge in [-0.2, -0.15) is 0 Å². The summed E-state index contributed by atoms with van der Waals surface area (Å²) in [7, 11) is 2.05. The number of piperidine rings is 1. The van der Waals surface area contributed by atoms with Crippen LogP contribution < -0.4 is 4.74 Å². The van der Waals surface area contributed by atoms with Crippen molar-refractivity contribution in [1.29, 1.82) is 0 Å². The van der Waals surface area contributed by atoms with Gasteiger partial charge in [-0.05, 0) is 38.4 Å². The highest BCUT2D eigenvalue weighted by Crippen LogP contribution is 2.44. The first-order chi connectivity index (χ1) is 9.52. The fraction of sp³-hybridized carbons (Fsp3) is 0.533. The number of carboxylic acids is 1. The minimum atomic E-state index is -1.26. The molecule has 2 unspecified atom stereocenters. The zero-order valence-corrected chi connectivity index (χ0v) is 11.4. The molecule has 2 heterocycles. The maximum absolute atomic E-state index is 13.7. The van der Waals surface area contributed by atoms with Crippen LogP contribution in [0.3, 0.4) is 0 Å². The van der Waals surface area contributed by atoms with E-state index in [1.807, 2.05) is 0 Å². The third kappa shape index (κ3) is 2.06. The normalized spacial score (nSPS) is 29.4. The average Bonchev–Trinajstić information content (AvgIpc) is 2.59. The lowest BCUT2D eigenvalue weighted by Gasteiger charge is -2.42. The molecule has 2 atom stereocenters. The fourth-order valence-corrected chi connectivity index (χ4v) is 3.47. The molecule has 0 aromatic heterocycles. The summed E-state index contributed by atoms with van der Waals surface area (Å²) in [5, 5.41) is 8.83. The van der Waals surface area contributed by atoms with Gasteiger partial charge in [0.2, 0.25) is 0 Å². The van der Waals surface area contributed by atoms with Crippen LogP contribution in [0.2, 0.25) is 0 Å². The van der Waals surface area contributed by atoms with Gasteiger partial charge in [0, 0.05) is 24.9 Å². The number of hydrogen-bond acceptors (Lipinski definition) is 3. The Labute approximate surface area is 117 Å².